The van der Waals surface area contributed by atoms with E-state index in [-0.39, 0.29) is 0 Å². The van der Waals surface area contributed by atoms with Gasteiger partial charge in [0, 0.05) is 12.6 Å². The molecule has 3 unspecified atom stereocenters. The Bertz CT molecular complexity index is 446. The monoisotopic (exact) mass is 261 g/mol. The van der Waals surface area contributed by atoms with Crippen LogP contribution >= 0.6 is 0 Å². The molecule has 19 heavy (non-hydrogen) atoms. The molecule has 0 spiro atoms. The number of rotatable bonds is 5. The fourth-order valence-electron chi connectivity index (χ4n) is 3.73. The molecule has 2 bridgehead atoms. The second kappa shape index (κ2) is 5.41. The fourth-order valence-corrected chi connectivity index (χ4v) is 3.73. The number of hydrogen-bond acceptors (Lipinski definition) is 3. The zero-order valence-electron chi connectivity index (χ0n) is 11.8. The maximum atomic E-state index is 5.35. The molecule has 0 saturated heterocycles. The van der Waals surface area contributed by atoms with Crippen molar-refractivity contribution in [1.82, 2.24) is 5.32 Å². The summed E-state index contributed by atoms with van der Waals surface area (Å²) in [6.07, 6.45) is 5.70. The van der Waals surface area contributed by atoms with Crippen LogP contribution in [0.4, 0.5) is 0 Å². The molecule has 104 valence electrons. The van der Waals surface area contributed by atoms with Crippen molar-refractivity contribution in [2.45, 2.75) is 38.3 Å². The van der Waals surface area contributed by atoms with Crippen LogP contribution in [-0.4, -0.2) is 20.3 Å². The minimum absolute atomic E-state index is 0.729. The van der Waals surface area contributed by atoms with Crippen LogP contribution in [0, 0.1) is 11.8 Å². The van der Waals surface area contributed by atoms with Gasteiger partial charge in [-0.1, -0.05) is 12.5 Å². The SMILES string of the molecule is COc1ccc(CNC2CC3CCC2C3)cc1OC. The van der Waals surface area contributed by atoms with Gasteiger partial charge in [-0.3, -0.25) is 0 Å². The van der Waals surface area contributed by atoms with Gasteiger partial charge in [0.25, 0.3) is 0 Å². The number of benzene rings is 1. The van der Waals surface area contributed by atoms with E-state index in [0.29, 0.717) is 0 Å². The lowest BCUT2D eigenvalue weighted by atomic mass is 9.95. The van der Waals surface area contributed by atoms with Crippen LogP contribution in [0.5, 0.6) is 11.5 Å². The van der Waals surface area contributed by atoms with Gasteiger partial charge in [-0.25, -0.2) is 0 Å². The predicted molar refractivity (Wildman–Crippen MR) is 75.6 cm³/mol. The second-order valence-electron chi connectivity index (χ2n) is 5.85. The van der Waals surface area contributed by atoms with Crippen molar-refractivity contribution in [1.29, 1.82) is 0 Å². The fraction of sp³-hybridized carbons (Fsp3) is 0.625. The average Bonchev–Trinajstić information content (AvgIpc) is 3.07. The van der Waals surface area contributed by atoms with Crippen LogP contribution in [0.3, 0.4) is 0 Å². The van der Waals surface area contributed by atoms with Gasteiger partial charge in [0.15, 0.2) is 11.5 Å². The van der Waals surface area contributed by atoms with Gasteiger partial charge in [-0.2, -0.15) is 0 Å². The molecule has 1 N–H and O–H groups in total. The van der Waals surface area contributed by atoms with Gasteiger partial charge < -0.3 is 14.8 Å². The summed E-state index contributed by atoms with van der Waals surface area (Å²) >= 11 is 0. The molecular weight excluding hydrogens is 238 g/mol. The van der Waals surface area contributed by atoms with E-state index in [1.165, 1.54) is 31.2 Å². The maximum absolute atomic E-state index is 5.35. The Morgan fingerprint density at radius 2 is 1.95 bits per heavy atom. The van der Waals surface area contributed by atoms with Crippen LogP contribution < -0.4 is 14.8 Å². The highest BCUT2D eigenvalue weighted by atomic mass is 16.5. The summed E-state index contributed by atoms with van der Waals surface area (Å²) in [5.74, 6) is 3.53. The van der Waals surface area contributed by atoms with Crippen molar-refractivity contribution in [3.63, 3.8) is 0 Å². The Morgan fingerprint density at radius 1 is 1.11 bits per heavy atom. The molecule has 2 fully saturated rings. The largest absolute Gasteiger partial charge is 0.493 e. The zero-order chi connectivity index (χ0) is 13.2. The minimum Gasteiger partial charge on any atom is -0.493 e. The molecule has 3 rings (SSSR count). The van der Waals surface area contributed by atoms with E-state index in [2.05, 4.69) is 17.4 Å². The third-order valence-corrected chi connectivity index (χ3v) is 4.75. The predicted octanol–water partition coefficient (Wildman–Crippen LogP) is 2.98. The minimum atomic E-state index is 0.729. The van der Waals surface area contributed by atoms with E-state index in [4.69, 9.17) is 9.47 Å². The van der Waals surface area contributed by atoms with E-state index < -0.39 is 0 Å². The number of hydrogen-bond donors (Lipinski definition) is 1. The first-order valence-electron chi connectivity index (χ1n) is 7.24. The van der Waals surface area contributed by atoms with Crippen LogP contribution in [-0.2, 0) is 6.54 Å². The van der Waals surface area contributed by atoms with E-state index in [0.717, 1.165) is 35.9 Å². The Morgan fingerprint density at radius 3 is 2.58 bits per heavy atom. The summed E-state index contributed by atoms with van der Waals surface area (Å²) < 4.78 is 10.6. The lowest BCUT2D eigenvalue weighted by Crippen LogP contribution is -2.33. The summed E-state index contributed by atoms with van der Waals surface area (Å²) in [6, 6.07) is 6.89. The molecule has 3 nitrogen and oxygen atoms in total. The van der Waals surface area contributed by atoms with E-state index >= 15 is 0 Å². The highest BCUT2D eigenvalue weighted by molar-refractivity contribution is 5.42. The summed E-state index contributed by atoms with van der Waals surface area (Å²) in [5, 5.41) is 3.72. The molecule has 2 aliphatic carbocycles. The first-order chi connectivity index (χ1) is 9.30. The standard InChI is InChI=1S/C16H23NO2/c1-18-15-6-4-12(9-16(15)19-2)10-17-14-8-11-3-5-13(14)7-11/h4,6,9,11,13-14,17H,3,5,7-8,10H2,1-2H3. The van der Waals surface area contributed by atoms with Crippen molar-refractivity contribution in [3.8, 4) is 11.5 Å². The maximum Gasteiger partial charge on any atom is 0.161 e. The first-order valence-corrected chi connectivity index (χ1v) is 7.24. The van der Waals surface area contributed by atoms with Crippen molar-refractivity contribution in [2.24, 2.45) is 11.8 Å². The first kappa shape index (κ1) is 12.8. The molecule has 0 aliphatic heterocycles. The summed E-state index contributed by atoms with van der Waals surface area (Å²) in [5.41, 5.74) is 1.26. The molecule has 1 aromatic rings. The third kappa shape index (κ3) is 2.57. The number of nitrogens with one attached hydrogen (secondary N) is 1. The van der Waals surface area contributed by atoms with Crippen molar-refractivity contribution in [3.05, 3.63) is 23.8 Å². The van der Waals surface area contributed by atoms with Crippen molar-refractivity contribution in [2.75, 3.05) is 14.2 Å². The van der Waals surface area contributed by atoms with Gasteiger partial charge in [0.2, 0.25) is 0 Å². The number of methoxy groups -OCH3 is 2. The molecular formula is C16H23NO2. The number of ether oxygens (including phenoxy) is 2. The van der Waals surface area contributed by atoms with E-state index in [1.807, 2.05) is 6.07 Å². The van der Waals surface area contributed by atoms with E-state index in [1.54, 1.807) is 14.2 Å². The van der Waals surface area contributed by atoms with Crippen molar-refractivity contribution < 1.29 is 9.47 Å². The van der Waals surface area contributed by atoms with Gasteiger partial charge in [0.05, 0.1) is 14.2 Å². The molecule has 1 aromatic carbocycles. The Labute approximate surface area is 115 Å². The molecule has 0 aromatic heterocycles. The second-order valence-corrected chi connectivity index (χ2v) is 5.85. The van der Waals surface area contributed by atoms with Crippen molar-refractivity contribution >= 4 is 0 Å². The molecule has 0 amide bonds. The van der Waals surface area contributed by atoms with Gasteiger partial charge in [0.1, 0.15) is 0 Å². The Kier molecular flexibility index (Phi) is 3.65. The van der Waals surface area contributed by atoms with E-state index in [9.17, 15) is 0 Å². The highest BCUT2D eigenvalue weighted by Crippen LogP contribution is 2.44. The Balaban J connectivity index is 1.60. The molecule has 3 heteroatoms. The van der Waals surface area contributed by atoms with Crippen LogP contribution in [0.25, 0.3) is 0 Å². The normalized spacial score (nSPS) is 28.6. The van der Waals surface area contributed by atoms with Crippen LogP contribution in [0.2, 0.25) is 0 Å². The molecule has 2 aliphatic rings. The van der Waals surface area contributed by atoms with Gasteiger partial charge in [-0.05, 0) is 48.8 Å². The van der Waals surface area contributed by atoms with Crippen LogP contribution in [0.15, 0.2) is 18.2 Å². The molecule has 0 radical (unpaired) electrons. The van der Waals surface area contributed by atoms with Gasteiger partial charge in [-0.15, -0.1) is 0 Å². The summed E-state index contributed by atoms with van der Waals surface area (Å²) in [7, 11) is 3.36. The summed E-state index contributed by atoms with van der Waals surface area (Å²) in [6.45, 7) is 0.925. The van der Waals surface area contributed by atoms with Gasteiger partial charge >= 0.3 is 0 Å². The Hall–Kier alpha value is -1.22. The average molecular weight is 261 g/mol. The molecule has 0 heterocycles. The summed E-state index contributed by atoms with van der Waals surface area (Å²) in [4.78, 5) is 0. The third-order valence-electron chi connectivity index (χ3n) is 4.75. The lowest BCUT2D eigenvalue weighted by Gasteiger charge is -2.23. The quantitative estimate of drug-likeness (QED) is 0.884. The highest BCUT2D eigenvalue weighted by Gasteiger charge is 2.38. The zero-order valence-corrected chi connectivity index (χ0v) is 11.8. The molecule has 3 atom stereocenters. The van der Waals surface area contributed by atoms with Crippen LogP contribution in [0.1, 0.15) is 31.2 Å². The molecule has 2 saturated carbocycles. The number of fused-ring (bicyclic) bond motifs is 2. The smallest absolute Gasteiger partial charge is 0.161 e. The lowest BCUT2D eigenvalue weighted by molar-refractivity contribution is 0.346. The topological polar surface area (TPSA) is 30.5 Å².